The van der Waals surface area contributed by atoms with Crippen LogP contribution in [0, 0.1) is 5.92 Å². The van der Waals surface area contributed by atoms with E-state index in [-0.39, 0.29) is 24.8 Å². The molecule has 14 heavy (non-hydrogen) atoms. The molecule has 1 unspecified atom stereocenters. The number of rotatable bonds is 1. The topological polar surface area (TPSA) is 43.8 Å². The minimum atomic E-state index is 0. The van der Waals surface area contributed by atoms with Crippen molar-refractivity contribution in [2.75, 3.05) is 6.54 Å². The van der Waals surface area contributed by atoms with Crippen LogP contribution in [0.3, 0.4) is 0 Å². The molecule has 0 spiro atoms. The van der Waals surface area contributed by atoms with Crippen LogP contribution < -0.4 is 5.73 Å². The lowest BCUT2D eigenvalue weighted by atomic mass is 9.88. The smallest absolute Gasteiger partial charge is 0.0524 e. The molecule has 0 radical (unpaired) electrons. The lowest BCUT2D eigenvalue weighted by molar-refractivity contribution is 0.452. The van der Waals surface area contributed by atoms with Crippen LogP contribution in [-0.4, -0.2) is 16.3 Å². The average Bonchev–Trinajstić information content (AvgIpc) is 2.47. The van der Waals surface area contributed by atoms with Gasteiger partial charge in [-0.05, 0) is 37.3 Å². The molecule has 3 nitrogen and oxygen atoms in total. The highest BCUT2D eigenvalue weighted by Gasteiger charge is 2.20. The van der Waals surface area contributed by atoms with Gasteiger partial charge in [0.1, 0.15) is 0 Å². The molecule has 1 aromatic heterocycles. The summed E-state index contributed by atoms with van der Waals surface area (Å²) in [4.78, 5) is 0. The minimum absolute atomic E-state index is 0. The predicted octanol–water partition coefficient (Wildman–Crippen LogP) is 1.33. The molecule has 82 valence electrons. The molecule has 1 atom stereocenters. The fourth-order valence-electron chi connectivity index (χ4n) is 1.92. The molecule has 0 aliphatic heterocycles. The van der Waals surface area contributed by atoms with Crippen LogP contribution in [0.4, 0.5) is 0 Å². The summed E-state index contributed by atoms with van der Waals surface area (Å²) in [7, 11) is 2.01. The zero-order chi connectivity index (χ0) is 8.55. The first-order chi connectivity index (χ1) is 5.81. The van der Waals surface area contributed by atoms with Gasteiger partial charge in [-0.3, -0.25) is 4.68 Å². The van der Waals surface area contributed by atoms with Gasteiger partial charge in [0.25, 0.3) is 0 Å². The van der Waals surface area contributed by atoms with Crippen molar-refractivity contribution in [3.63, 3.8) is 0 Å². The molecule has 2 N–H and O–H groups in total. The molecule has 0 aromatic carbocycles. The third-order valence-corrected chi connectivity index (χ3v) is 2.79. The van der Waals surface area contributed by atoms with Gasteiger partial charge in [-0.2, -0.15) is 5.10 Å². The largest absolute Gasteiger partial charge is 0.330 e. The standard InChI is InChI=1S/C9H15N3.2ClH/c1-12-9-4-7(5-10)2-3-8(9)6-11-12;;/h6-7H,2-5,10H2,1H3;2*1H. The Morgan fingerprint density at radius 3 is 2.93 bits per heavy atom. The molecular formula is C9H17Cl2N3. The van der Waals surface area contributed by atoms with Crippen LogP contribution in [0.5, 0.6) is 0 Å². The van der Waals surface area contributed by atoms with Crippen molar-refractivity contribution < 1.29 is 0 Å². The molecule has 0 fully saturated rings. The average molecular weight is 238 g/mol. The summed E-state index contributed by atoms with van der Waals surface area (Å²) < 4.78 is 1.98. The number of hydrogen-bond donors (Lipinski definition) is 1. The van der Waals surface area contributed by atoms with E-state index in [1.165, 1.54) is 17.7 Å². The Hall–Kier alpha value is -0.250. The first-order valence-corrected chi connectivity index (χ1v) is 4.51. The van der Waals surface area contributed by atoms with Crippen molar-refractivity contribution in [3.05, 3.63) is 17.5 Å². The van der Waals surface area contributed by atoms with E-state index < -0.39 is 0 Å². The minimum Gasteiger partial charge on any atom is -0.330 e. The molecule has 0 bridgehead atoms. The van der Waals surface area contributed by atoms with Gasteiger partial charge in [0.15, 0.2) is 0 Å². The molecule has 5 heteroatoms. The van der Waals surface area contributed by atoms with E-state index in [2.05, 4.69) is 5.10 Å². The number of hydrogen-bond acceptors (Lipinski definition) is 2. The molecule has 1 heterocycles. The second-order valence-electron chi connectivity index (χ2n) is 3.58. The fraction of sp³-hybridized carbons (Fsp3) is 0.667. The number of nitrogens with two attached hydrogens (primary N) is 1. The zero-order valence-corrected chi connectivity index (χ0v) is 9.90. The fourth-order valence-corrected chi connectivity index (χ4v) is 1.92. The molecule has 0 amide bonds. The van der Waals surface area contributed by atoms with E-state index in [9.17, 15) is 0 Å². The van der Waals surface area contributed by atoms with Crippen molar-refractivity contribution in [3.8, 4) is 0 Å². The summed E-state index contributed by atoms with van der Waals surface area (Å²) in [6, 6.07) is 0. The number of nitrogens with zero attached hydrogens (tertiary/aromatic N) is 2. The van der Waals surface area contributed by atoms with E-state index >= 15 is 0 Å². The second kappa shape index (κ2) is 5.59. The molecule has 0 saturated carbocycles. The molecule has 0 saturated heterocycles. The maximum atomic E-state index is 5.65. The van der Waals surface area contributed by atoms with E-state index in [0.717, 1.165) is 19.4 Å². The summed E-state index contributed by atoms with van der Waals surface area (Å²) in [5.41, 5.74) is 8.45. The van der Waals surface area contributed by atoms with Gasteiger partial charge in [0, 0.05) is 12.7 Å². The SMILES string of the molecule is Cl.Cl.Cn1ncc2c1CC(CN)CC2. The third kappa shape index (κ3) is 2.41. The molecule has 1 aliphatic rings. The normalized spacial score (nSPS) is 19.1. The maximum absolute atomic E-state index is 5.65. The van der Waals surface area contributed by atoms with Crippen LogP contribution in [0.2, 0.25) is 0 Å². The molecular weight excluding hydrogens is 221 g/mol. The van der Waals surface area contributed by atoms with Gasteiger partial charge in [0.2, 0.25) is 0 Å². The molecule has 2 rings (SSSR count). The Morgan fingerprint density at radius 1 is 1.57 bits per heavy atom. The first-order valence-electron chi connectivity index (χ1n) is 4.51. The highest BCUT2D eigenvalue weighted by atomic mass is 35.5. The van der Waals surface area contributed by atoms with Crippen molar-refractivity contribution in [1.29, 1.82) is 0 Å². The maximum Gasteiger partial charge on any atom is 0.0524 e. The van der Waals surface area contributed by atoms with Crippen LogP contribution >= 0.6 is 24.8 Å². The van der Waals surface area contributed by atoms with Crippen LogP contribution in [0.15, 0.2) is 6.20 Å². The van der Waals surface area contributed by atoms with Gasteiger partial charge in [-0.1, -0.05) is 0 Å². The summed E-state index contributed by atoms with van der Waals surface area (Å²) >= 11 is 0. The number of aromatic nitrogens is 2. The highest BCUT2D eigenvalue weighted by molar-refractivity contribution is 5.85. The lowest BCUT2D eigenvalue weighted by Crippen LogP contribution is -2.23. The quantitative estimate of drug-likeness (QED) is 0.802. The van der Waals surface area contributed by atoms with Crippen LogP contribution in [0.25, 0.3) is 0 Å². The number of halogens is 2. The van der Waals surface area contributed by atoms with Crippen LogP contribution in [-0.2, 0) is 19.9 Å². The lowest BCUT2D eigenvalue weighted by Gasteiger charge is -2.20. The van der Waals surface area contributed by atoms with Crippen LogP contribution in [0.1, 0.15) is 17.7 Å². The number of aryl methyl sites for hydroxylation is 2. The predicted molar refractivity (Wildman–Crippen MR) is 62.3 cm³/mol. The Kier molecular flexibility index (Phi) is 5.49. The summed E-state index contributed by atoms with van der Waals surface area (Å²) in [5, 5.41) is 4.24. The summed E-state index contributed by atoms with van der Waals surface area (Å²) in [6.07, 6.45) is 5.49. The van der Waals surface area contributed by atoms with Gasteiger partial charge < -0.3 is 5.73 Å². The Morgan fingerprint density at radius 2 is 2.29 bits per heavy atom. The van der Waals surface area contributed by atoms with E-state index in [1.807, 2.05) is 17.9 Å². The molecule has 1 aromatic rings. The van der Waals surface area contributed by atoms with E-state index in [4.69, 9.17) is 5.73 Å². The van der Waals surface area contributed by atoms with Gasteiger partial charge in [-0.25, -0.2) is 0 Å². The van der Waals surface area contributed by atoms with Gasteiger partial charge in [-0.15, -0.1) is 24.8 Å². The Labute approximate surface area is 96.9 Å². The Bertz CT molecular complexity index is 286. The Balaban J connectivity index is 0.000000845. The number of fused-ring (bicyclic) bond motifs is 1. The van der Waals surface area contributed by atoms with Gasteiger partial charge in [0.05, 0.1) is 6.20 Å². The highest BCUT2D eigenvalue weighted by Crippen LogP contribution is 2.23. The van der Waals surface area contributed by atoms with Crippen molar-refractivity contribution >= 4 is 24.8 Å². The summed E-state index contributed by atoms with van der Waals surface area (Å²) in [6.45, 7) is 0.810. The monoisotopic (exact) mass is 237 g/mol. The van der Waals surface area contributed by atoms with Crippen molar-refractivity contribution in [2.45, 2.75) is 19.3 Å². The van der Waals surface area contributed by atoms with Crippen molar-refractivity contribution in [2.24, 2.45) is 18.7 Å². The summed E-state index contributed by atoms with van der Waals surface area (Å²) in [5.74, 6) is 0.674. The molecule has 1 aliphatic carbocycles. The van der Waals surface area contributed by atoms with E-state index in [1.54, 1.807) is 0 Å². The second-order valence-corrected chi connectivity index (χ2v) is 3.58. The van der Waals surface area contributed by atoms with Gasteiger partial charge >= 0.3 is 0 Å². The first kappa shape index (κ1) is 13.8. The van der Waals surface area contributed by atoms with Crippen molar-refractivity contribution in [1.82, 2.24) is 9.78 Å². The van der Waals surface area contributed by atoms with E-state index in [0.29, 0.717) is 5.92 Å². The zero-order valence-electron chi connectivity index (χ0n) is 8.27. The third-order valence-electron chi connectivity index (χ3n) is 2.79.